The van der Waals surface area contributed by atoms with Crippen molar-refractivity contribution < 1.29 is 35.9 Å². The van der Waals surface area contributed by atoms with Gasteiger partial charge in [0.25, 0.3) is 0 Å². The lowest BCUT2D eigenvalue weighted by Gasteiger charge is -2.35. The van der Waals surface area contributed by atoms with Gasteiger partial charge in [-0.2, -0.15) is 28.4 Å². The van der Waals surface area contributed by atoms with Crippen molar-refractivity contribution in [1.82, 2.24) is 19.8 Å². The third-order valence-electron chi connectivity index (χ3n) is 11.1. The van der Waals surface area contributed by atoms with E-state index in [1.54, 1.807) is 37.6 Å². The van der Waals surface area contributed by atoms with Crippen LogP contribution in [0.3, 0.4) is 0 Å². The Bertz CT molecular complexity index is 2180. The number of nitriles is 1. The molecule has 4 atom stereocenters. The Hall–Kier alpha value is -4.36. The van der Waals surface area contributed by atoms with E-state index in [1.165, 1.54) is 0 Å². The monoisotopic (exact) mass is 759 g/mol. The first-order valence-electron chi connectivity index (χ1n) is 17.4. The molecule has 2 aromatic heterocycles. The number of carbonyl (C=O) groups is 1. The van der Waals surface area contributed by atoms with Crippen LogP contribution in [0.5, 0.6) is 6.01 Å². The molecule has 3 aliphatic rings. The van der Waals surface area contributed by atoms with Crippen LogP contribution < -0.4 is 15.4 Å². The van der Waals surface area contributed by atoms with Gasteiger partial charge in [0.15, 0.2) is 5.82 Å². The highest BCUT2D eigenvalue weighted by Crippen LogP contribution is 2.48. The molecule has 0 bridgehead atoms. The average molecular weight is 760 g/mol. The number of benzene rings is 2. The summed E-state index contributed by atoms with van der Waals surface area (Å²) in [6.07, 6.45) is -4.02. The Morgan fingerprint density at radius 1 is 1.21 bits per heavy atom. The SMILES string of the molecule is CC1C(N(C)c2nc(OCC34CCCN3CC(F)C4)nc3c(F)c(-c4ccc(F)c5sc(N)c(C#N)c45)c(C(F)(F)F)cc23)CCN1C(=O)C(C)(C)C. The first kappa shape index (κ1) is 37.0. The largest absolute Gasteiger partial charge is 0.461 e. The quantitative estimate of drug-likeness (QED) is 0.199. The van der Waals surface area contributed by atoms with Crippen LogP contribution in [-0.4, -0.2) is 82.8 Å². The van der Waals surface area contributed by atoms with E-state index in [2.05, 4.69) is 9.97 Å². The minimum Gasteiger partial charge on any atom is -0.461 e. The number of rotatable bonds is 6. The molecular weight excluding hydrogens is 721 g/mol. The predicted octanol–water partition coefficient (Wildman–Crippen LogP) is 7.69. The minimum atomic E-state index is -5.13. The molecule has 4 aromatic rings. The molecule has 0 aliphatic carbocycles. The number of nitrogens with two attached hydrogens (primary N) is 1. The van der Waals surface area contributed by atoms with E-state index in [-0.39, 0.29) is 75.0 Å². The van der Waals surface area contributed by atoms with Crippen molar-refractivity contribution in [3.8, 4) is 23.2 Å². The number of fused-ring (bicyclic) bond motifs is 3. The number of halogens is 6. The molecule has 5 heterocycles. The van der Waals surface area contributed by atoms with Crippen molar-refractivity contribution in [2.75, 3.05) is 43.9 Å². The van der Waals surface area contributed by atoms with Crippen molar-refractivity contribution >= 4 is 49.1 Å². The van der Waals surface area contributed by atoms with Gasteiger partial charge in [0, 0.05) is 54.4 Å². The molecule has 9 nitrogen and oxygen atoms in total. The van der Waals surface area contributed by atoms with Gasteiger partial charge in [-0.25, -0.2) is 13.2 Å². The van der Waals surface area contributed by atoms with Gasteiger partial charge in [-0.05, 0) is 50.4 Å². The number of carbonyl (C=O) groups excluding carboxylic acids is 1. The normalized spacial score (nSPS) is 23.6. The Kier molecular flexibility index (Phi) is 9.00. The summed E-state index contributed by atoms with van der Waals surface area (Å²) in [6, 6.07) is 3.36. The molecular formula is C37H39F6N7O2S. The summed E-state index contributed by atoms with van der Waals surface area (Å²) in [5.41, 5.74) is 1.20. The van der Waals surface area contributed by atoms with E-state index in [0.29, 0.717) is 37.3 Å². The summed E-state index contributed by atoms with van der Waals surface area (Å²) in [4.78, 5) is 27.6. The number of likely N-dealkylation sites (tertiary alicyclic amines) is 1. The molecule has 2 aromatic carbocycles. The van der Waals surface area contributed by atoms with E-state index in [1.807, 2.05) is 17.9 Å². The van der Waals surface area contributed by atoms with E-state index in [9.17, 15) is 18.8 Å². The maximum Gasteiger partial charge on any atom is 0.417 e. The minimum absolute atomic E-state index is 0.0246. The summed E-state index contributed by atoms with van der Waals surface area (Å²) in [5.74, 6) is -2.36. The average Bonchev–Trinajstić information content (AvgIpc) is 3.83. The maximum absolute atomic E-state index is 17.2. The molecule has 2 N–H and O–H groups in total. The standard InChI is InChI=1S/C37H39F6N7O2S/c1-18-25(9-12-50(18)33(51)35(2,3)4)48(5)32-21-13-23(37(41,42)43)27(20-7-8-24(39)30-26(20)22(15-44)31(45)53-30)28(40)29(21)46-34(47-32)52-17-36-10-6-11-49(36)16-19(38)14-36/h7-8,13,18-19,25H,6,9-12,14,16-17,45H2,1-5H3. The van der Waals surface area contributed by atoms with Gasteiger partial charge in [0.1, 0.15) is 41.0 Å². The lowest BCUT2D eigenvalue weighted by atomic mass is 9.92. The zero-order chi connectivity index (χ0) is 38.4. The van der Waals surface area contributed by atoms with Gasteiger partial charge in [0.05, 0.1) is 27.4 Å². The zero-order valence-corrected chi connectivity index (χ0v) is 30.7. The Balaban J connectivity index is 1.43. The van der Waals surface area contributed by atoms with Crippen LogP contribution in [-0.2, 0) is 11.0 Å². The van der Waals surface area contributed by atoms with Crippen molar-refractivity contribution in [3.05, 3.63) is 41.0 Å². The van der Waals surface area contributed by atoms with Crippen LogP contribution in [0.4, 0.5) is 37.2 Å². The molecule has 0 spiro atoms. The summed E-state index contributed by atoms with van der Waals surface area (Å²) in [5, 5.41) is 9.23. The zero-order valence-electron chi connectivity index (χ0n) is 29.9. The molecule has 1 amide bonds. The topological polar surface area (TPSA) is 112 Å². The second-order valence-corrected chi connectivity index (χ2v) is 16.5. The number of aromatic nitrogens is 2. The number of nitrogen functional groups attached to an aromatic ring is 1. The molecule has 53 heavy (non-hydrogen) atoms. The van der Waals surface area contributed by atoms with Gasteiger partial charge in [-0.1, -0.05) is 26.8 Å². The number of hydrogen-bond acceptors (Lipinski definition) is 9. The highest BCUT2D eigenvalue weighted by Gasteiger charge is 2.50. The number of nitrogens with zero attached hydrogens (tertiary/aromatic N) is 6. The van der Waals surface area contributed by atoms with Gasteiger partial charge in [-0.3, -0.25) is 9.69 Å². The van der Waals surface area contributed by atoms with Gasteiger partial charge >= 0.3 is 12.2 Å². The summed E-state index contributed by atoms with van der Waals surface area (Å²) in [6.45, 7) is 8.56. The molecule has 3 aliphatic heterocycles. The first-order chi connectivity index (χ1) is 24.9. The highest BCUT2D eigenvalue weighted by atomic mass is 32.1. The smallest absolute Gasteiger partial charge is 0.417 e. The number of ether oxygens (including phenoxy) is 1. The predicted molar refractivity (Wildman–Crippen MR) is 190 cm³/mol. The molecule has 4 unspecified atom stereocenters. The van der Waals surface area contributed by atoms with Crippen LogP contribution >= 0.6 is 11.3 Å². The molecule has 7 rings (SSSR count). The Morgan fingerprint density at radius 3 is 2.62 bits per heavy atom. The lowest BCUT2D eigenvalue weighted by Crippen LogP contribution is -2.47. The van der Waals surface area contributed by atoms with Crippen molar-refractivity contribution in [2.24, 2.45) is 5.41 Å². The number of hydrogen-bond donors (Lipinski definition) is 1. The second kappa shape index (κ2) is 12.9. The fourth-order valence-corrected chi connectivity index (χ4v) is 9.43. The van der Waals surface area contributed by atoms with E-state index in [0.717, 1.165) is 24.6 Å². The van der Waals surface area contributed by atoms with Crippen LogP contribution in [0.25, 0.3) is 32.1 Å². The van der Waals surface area contributed by atoms with Gasteiger partial charge < -0.3 is 20.3 Å². The van der Waals surface area contributed by atoms with Gasteiger partial charge in [0.2, 0.25) is 5.91 Å². The number of amides is 1. The first-order valence-corrected chi connectivity index (χ1v) is 18.3. The number of anilines is 2. The molecule has 16 heteroatoms. The molecule has 3 saturated heterocycles. The number of thiophene rings is 1. The summed E-state index contributed by atoms with van der Waals surface area (Å²) in [7, 11) is 1.62. The summed E-state index contributed by atoms with van der Waals surface area (Å²) < 4.78 is 98.0. The van der Waals surface area contributed by atoms with Crippen LogP contribution in [0.15, 0.2) is 18.2 Å². The summed E-state index contributed by atoms with van der Waals surface area (Å²) >= 11 is 0.680. The fraction of sp³-hybridized carbons (Fsp3) is 0.514. The third kappa shape index (κ3) is 6.09. The third-order valence-corrected chi connectivity index (χ3v) is 12.1. The second-order valence-electron chi connectivity index (χ2n) is 15.4. The fourth-order valence-electron chi connectivity index (χ4n) is 8.48. The Labute approximate surface area is 306 Å². The van der Waals surface area contributed by atoms with Crippen LogP contribution in [0.1, 0.15) is 64.5 Å². The van der Waals surface area contributed by atoms with E-state index >= 15 is 17.6 Å². The van der Waals surface area contributed by atoms with E-state index < -0.39 is 57.6 Å². The van der Waals surface area contributed by atoms with Crippen LogP contribution in [0, 0.1) is 28.4 Å². The van der Waals surface area contributed by atoms with Crippen LogP contribution in [0.2, 0.25) is 0 Å². The van der Waals surface area contributed by atoms with E-state index in [4.69, 9.17) is 10.5 Å². The van der Waals surface area contributed by atoms with Crippen molar-refractivity contribution in [2.45, 2.75) is 83.3 Å². The van der Waals surface area contributed by atoms with Crippen molar-refractivity contribution in [3.63, 3.8) is 0 Å². The lowest BCUT2D eigenvalue weighted by molar-refractivity contribution is -0.140. The number of alkyl halides is 4. The highest BCUT2D eigenvalue weighted by molar-refractivity contribution is 7.23. The van der Waals surface area contributed by atoms with Gasteiger partial charge in [-0.15, -0.1) is 11.3 Å². The Morgan fingerprint density at radius 2 is 1.94 bits per heavy atom. The molecule has 3 fully saturated rings. The van der Waals surface area contributed by atoms with Crippen molar-refractivity contribution in [1.29, 1.82) is 5.26 Å². The maximum atomic E-state index is 17.2. The number of likely N-dealkylation sites (N-methyl/N-ethyl adjacent to an activating group) is 1. The molecule has 0 radical (unpaired) electrons. The molecule has 0 saturated carbocycles. The molecule has 282 valence electrons.